The van der Waals surface area contributed by atoms with E-state index < -0.39 is 18.2 Å². The van der Waals surface area contributed by atoms with Gasteiger partial charge in [-0.15, -0.1) is 0 Å². The highest BCUT2D eigenvalue weighted by Gasteiger charge is 2.25. The van der Waals surface area contributed by atoms with Gasteiger partial charge in [-0.25, -0.2) is 4.79 Å². The van der Waals surface area contributed by atoms with E-state index in [1.165, 1.54) is 13.0 Å². The molecule has 0 radical (unpaired) electrons. The molecule has 16 heavy (non-hydrogen) atoms. The quantitative estimate of drug-likeness (QED) is 0.700. The minimum Gasteiger partial charge on any atom is -0.507 e. The van der Waals surface area contributed by atoms with Crippen molar-refractivity contribution >= 4 is 12.0 Å². The van der Waals surface area contributed by atoms with Crippen LogP contribution in [-0.2, 0) is 4.74 Å². The van der Waals surface area contributed by atoms with Crippen LogP contribution in [0.25, 0.3) is 6.08 Å². The van der Waals surface area contributed by atoms with Crippen LogP contribution in [0.2, 0.25) is 0 Å². The summed E-state index contributed by atoms with van der Waals surface area (Å²) in [6, 6.07) is 4.78. The second kappa shape index (κ2) is 3.98. The number of hydrogen-bond acceptors (Lipinski definition) is 4. The summed E-state index contributed by atoms with van der Waals surface area (Å²) in [5, 5.41) is 19.0. The van der Waals surface area contributed by atoms with E-state index in [2.05, 4.69) is 0 Å². The van der Waals surface area contributed by atoms with Gasteiger partial charge < -0.3 is 14.9 Å². The van der Waals surface area contributed by atoms with Crippen molar-refractivity contribution in [3.63, 3.8) is 0 Å². The first-order valence-electron chi connectivity index (χ1n) is 4.99. The van der Waals surface area contributed by atoms with Crippen LogP contribution in [0.5, 0.6) is 5.75 Å². The first kappa shape index (κ1) is 10.7. The number of carbonyl (C=O) groups excluding carboxylic acids is 1. The van der Waals surface area contributed by atoms with Crippen molar-refractivity contribution in [3.8, 4) is 5.75 Å². The maximum Gasteiger partial charge on any atom is 0.343 e. The smallest absolute Gasteiger partial charge is 0.343 e. The standard InChI is InChI=1S/C12H12O4/c1-7(13)10-6-5-8-3-2-4-9(14)11(8)12(15)16-10/h2-7,10,13-14H,1H3. The molecule has 2 atom stereocenters. The Hall–Kier alpha value is -1.81. The fourth-order valence-electron chi connectivity index (χ4n) is 1.60. The van der Waals surface area contributed by atoms with E-state index in [9.17, 15) is 15.0 Å². The van der Waals surface area contributed by atoms with Gasteiger partial charge in [-0.05, 0) is 24.6 Å². The monoisotopic (exact) mass is 220 g/mol. The zero-order chi connectivity index (χ0) is 11.7. The van der Waals surface area contributed by atoms with Crippen LogP contribution in [0.3, 0.4) is 0 Å². The third-order valence-electron chi connectivity index (χ3n) is 2.46. The van der Waals surface area contributed by atoms with Crippen LogP contribution >= 0.6 is 0 Å². The summed E-state index contributed by atoms with van der Waals surface area (Å²) >= 11 is 0. The predicted molar refractivity (Wildman–Crippen MR) is 58.0 cm³/mol. The molecule has 0 aromatic heterocycles. The summed E-state index contributed by atoms with van der Waals surface area (Å²) < 4.78 is 5.04. The SMILES string of the molecule is CC(O)C1C=Cc2cccc(O)c2C(=O)O1. The number of aliphatic hydroxyl groups excluding tert-OH is 1. The lowest BCUT2D eigenvalue weighted by molar-refractivity contribution is 0.00622. The van der Waals surface area contributed by atoms with Crippen LogP contribution in [0.1, 0.15) is 22.8 Å². The first-order valence-corrected chi connectivity index (χ1v) is 4.99. The molecule has 0 spiro atoms. The van der Waals surface area contributed by atoms with Crippen molar-refractivity contribution in [2.45, 2.75) is 19.1 Å². The van der Waals surface area contributed by atoms with Crippen molar-refractivity contribution in [1.29, 1.82) is 0 Å². The van der Waals surface area contributed by atoms with Gasteiger partial charge >= 0.3 is 5.97 Å². The van der Waals surface area contributed by atoms with Crippen molar-refractivity contribution in [2.75, 3.05) is 0 Å². The Balaban J connectivity index is 2.46. The van der Waals surface area contributed by atoms with Crippen LogP contribution in [0.15, 0.2) is 24.3 Å². The van der Waals surface area contributed by atoms with Gasteiger partial charge in [0.2, 0.25) is 0 Å². The molecule has 1 aromatic rings. The number of cyclic esters (lactones) is 1. The van der Waals surface area contributed by atoms with Gasteiger partial charge in [-0.3, -0.25) is 0 Å². The molecule has 1 heterocycles. The number of carbonyl (C=O) groups is 1. The van der Waals surface area contributed by atoms with E-state index in [-0.39, 0.29) is 11.3 Å². The molecule has 4 heteroatoms. The highest BCUT2D eigenvalue weighted by atomic mass is 16.6. The maximum absolute atomic E-state index is 11.7. The largest absolute Gasteiger partial charge is 0.507 e. The lowest BCUT2D eigenvalue weighted by Gasteiger charge is -2.15. The van der Waals surface area contributed by atoms with Crippen molar-refractivity contribution in [3.05, 3.63) is 35.4 Å². The third kappa shape index (κ3) is 1.79. The first-order chi connectivity index (χ1) is 7.59. The number of fused-ring (bicyclic) bond motifs is 1. The minimum atomic E-state index is -0.781. The Kier molecular flexibility index (Phi) is 2.66. The number of rotatable bonds is 1. The number of aromatic hydroxyl groups is 1. The Labute approximate surface area is 92.8 Å². The van der Waals surface area contributed by atoms with Crippen molar-refractivity contribution in [1.82, 2.24) is 0 Å². The third-order valence-corrected chi connectivity index (χ3v) is 2.46. The molecule has 1 aliphatic heterocycles. The molecule has 0 aliphatic carbocycles. The Bertz CT molecular complexity index is 448. The van der Waals surface area contributed by atoms with Gasteiger partial charge in [-0.1, -0.05) is 18.2 Å². The normalized spacial score (nSPS) is 20.9. The highest BCUT2D eigenvalue weighted by Crippen LogP contribution is 2.26. The van der Waals surface area contributed by atoms with Crippen LogP contribution in [0, 0.1) is 0 Å². The second-order valence-corrected chi connectivity index (χ2v) is 3.71. The van der Waals surface area contributed by atoms with Gasteiger partial charge in [0.05, 0.1) is 6.10 Å². The lowest BCUT2D eigenvalue weighted by Crippen LogP contribution is -2.26. The zero-order valence-corrected chi connectivity index (χ0v) is 8.75. The molecule has 0 saturated heterocycles. The van der Waals surface area contributed by atoms with E-state index in [1.54, 1.807) is 24.3 Å². The average molecular weight is 220 g/mol. The van der Waals surface area contributed by atoms with E-state index >= 15 is 0 Å². The molecule has 0 amide bonds. The Morgan fingerprint density at radius 1 is 1.44 bits per heavy atom. The van der Waals surface area contributed by atoms with Gasteiger partial charge in [-0.2, -0.15) is 0 Å². The Morgan fingerprint density at radius 3 is 2.88 bits per heavy atom. The fraction of sp³-hybridized carbons (Fsp3) is 0.250. The minimum absolute atomic E-state index is 0.113. The van der Waals surface area contributed by atoms with E-state index in [1.807, 2.05) is 0 Å². The summed E-state index contributed by atoms with van der Waals surface area (Å²) in [6.45, 7) is 1.54. The topological polar surface area (TPSA) is 66.8 Å². The van der Waals surface area contributed by atoms with Crippen LogP contribution < -0.4 is 0 Å². The van der Waals surface area contributed by atoms with Crippen molar-refractivity contribution in [2.24, 2.45) is 0 Å². The lowest BCUT2D eigenvalue weighted by atomic mass is 10.1. The van der Waals surface area contributed by atoms with Crippen molar-refractivity contribution < 1.29 is 19.7 Å². The van der Waals surface area contributed by atoms with Gasteiger partial charge in [0.25, 0.3) is 0 Å². The number of esters is 1. The zero-order valence-electron chi connectivity index (χ0n) is 8.75. The van der Waals surface area contributed by atoms with E-state index in [4.69, 9.17) is 4.74 Å². The molecule has 2 N–H and O–H groups in total. The number of ether oxygens (including phenoxy) is 1. The molecule has 1 aromatic carbocycles. The van der Waals surface area contributed by atoms with E-state index in [0.717, 1.165) is 0 Å². The maximum atomic E-state index is 11.7. The van der Waals surface area contributed by atoms with Crippen LogP contribution in [0.4, 0.5) is 0 Å². The van der Waals surface area contributed by atoms with Gasteiger partial charge in [0.1, 0.15) is 17.4 Å². The molecular formula is C12H12O4. The number of phenolic OH excluding ortho intramolecular Hbond substituents is 1. The molecule has 2 rings (SSSR count). The summed E-state index contributed by atoms with van der Waals surface area (Å²) in [6.07, 6.45) is 1.81. The Morgan fingerprint density at radius 2 is 2.19 bits per heavy atom. The number of phenols is 1. The van der Waals surface area contributed by atoms with Crippen LogP contribution in [-0.4, -0.2) is 28.4 Å². The number of benzene rings is 1. The average Bonchev–Trinajstić information content (AvgIpc) is 2.39. The second-order valence-electron chi connectivity index (χ2n) is 3.71. The molecular weight excluding hydrogens is 208 g/mol. The number of aliphatic hydroxyl groups is 1. The highest BCUT2D eigenvalue weighted by molar-refractivity contribution is 5.97. The molecule has 0 fully saturated rings. The molecule has 0 bridgehead atoms. The summed E-state index contributed by atoms with van der Waals surface area (Å²) in [4.78, 5) is 11.7. The fourth-order valence-corrected chi connectivity index (χ4v) is 1.60. The molecule has 1 aliphatic rings. The molecule has 84 valence electrons. The summed E-state index contributed by atoms with van der Waals surface area (Å²) in [7, 11) is 0. The number of hydrogen-bond donors (Lipinski definition) is 2. The summed E-state index contributed by atoms with van der Waals surface area (Å²) in [5.74, 6) is -0.734. The predicted octanol–water partition coefficient (Wildman–Crippen LogP) is 1.33. The molecule has 2 unspecified atom stereocenters. The summed E-state index contributed by atoms with van der Waals surface area (Å²) in [5.41, 5.74) is 0.732. The molecule has 4 nitrogen and oxygen atoms in total. The van der Waals surface area contributed by atoms with Gasteiger partial charge in [0.15, 0.2) is 0 Å². The van der Waals surface area contributed by atoms with Gasteiger partial charge in [0, 0.05) is 0 Å². The molecule has 0 saturated carbocycles. The van der Waals surface area contributed by atoms with E-state index in [0.29, 0.717) is 5.56 Å².